The molecule has 0 spiro atoms. The van der Waals surface area contributed by atoms with E-state index in [1.807, 2.05) is 18.2 Å². The number of carbonyl (C=O) groups is 1. The molecular formula is C14H15BrO2. The van der Waals surface area contributed by atoms with E-state index in [1.165, 1.54) is 5.56 Å². The van der Waals surface area contributed by atoms with Crippen LogP contribution >= 0.6 is 15.9 Å². The molecule has 2 fully saturated rings. The number of rotatable bonds is 3. The van der Waals surface area contributed by atoms with E-state index in [9.17, 15) is 4.79 Å². The maximum atomic E-state index is 11.7. The molecular weight excluding hydrogens is 280 g/mol. The molecule has 2 aliphatic carbocycles. The third-order valence-electron chi connectivity index (χ3n) is 3.90. The van der Waals surface area contributed by atoms with Crippen LogP contribution in [0.2, 0.25) is 0 Å². The van der Waals surface area contributed by atoms with Crippen molar-refractivity contribution in [3.05, 3.63) is 35.9 Å². The molecule has 3 unspecified atom stereocenters. The number of fused-ring (bicyclic) bond motifs is 2. The lowest BCUT2D eigenvalue weighted by molar-refractivity contribution is -0.123. The molecule has 0 saturated heterocycles. The first-order valence-electron chi connectivity index (χ1n) is 6.08. The molecule has 2 aliphatic rings. The van der Waals surface area contributed by atoms with Gasteiger partial charge in [0.15, 0.2) is 0 Å². The summed E-state index contributed by atoms with van der Waals surface area (Å²) in [5.74, 6) is 0.910. The van der Waals surface area contributed by atoms with Gasteiger partial charge in [-0.3, -0.25) is 4.79 Å². The Hall–Kier alpha value is -0.670. The van der Waals surface area contributed by atoms with Gasteiger partial charge < -0.3 is 4.74 Å². The second-order valence-corrected chi connectivity index (χ2v) is 6.13. The Labute approximate surface area is 109 Å². The third kappa shape index (κ3) is 2.06. The molecule has 0 aromatic heterocycles. The van der Waals surface area contributed by atoms with Crippen molar-refractivity contribution in [2.75, 3.05) is 0 Å². The van der Waals surface area contributed by atoms with E-state index in [0.29, 0.717) is 29.6 Å². The van der Waals surface area contributed by atoms with Gasteiger partial charge in [-0.05, 0) is 12.0 Å². The van der Waals surface area contributed by atoms with Crippen LogP contribution in [0.3, 0.4) is 0 Å². The van der Waals surface area contributed by atoms with Gasteiger partial charge in [-0.2, -0.15) is 0 Å². The lowest BCUT2D eigenvalue weighted by atomic mass is 10.00. The fraction of sp³-hybridized carbons (Fsp3) is 0.500. The third-order valence-corrected chi connectivity index (χ3v) is 4.95. The van der Waals surface area contributed by atoms with Crippen molar-refractivity contribution >= 4 is 21.7 Å². The lowest BCUT2D eigenvalue weighted by Gasteiger charge is -2.16. The van der Waals surface area contributed by atoms with Gasteiger partial charge in [0.05, 0.1) is 12.7 Å². The molecule has 2 saturated carbocycles. The molecule has 2 bridgehead atoms. The fourth-order valence-electron chi connectivity index (χ4n) is 3.00. The Morgan fingerprint density at radius 2 is 2.06 bits per heavy atom. The van der Waals surface area contributed by atoms with Crippen molar-refractivity contribution in [3.63, 3.8) is 0 Å². The van der Waals surface area contributed by atoms with Crippen LogP contribution in [0.1, 0.15) is 18.4 Å². The molecule has 17 heavy (non-hydrogen) atoms. The lowest BCUT2D eigenvalue weighted by Crippen LogP contribution is -2.20. The molecule has 0 N–H and O–H groups in total. The topological polar surface area (TPSA) is 26.3 Å². The minimum absolute atomic E-state index is 0.132. The van der Waals surface area contributed by atoms with Crippen LogP contribution in [0.25, 0.3) is 0 Å². The van der Waals surface area contributed by atoms with Gasteiger partial charge in [0.1, 0.15) is 5.78 Å². The molecule has 0 amide bonds. The molecule has 0 heterocycles. The van der Waals surface area contributed by atoms with Crippen LogP contribution < -0.4 is 0 Å². The summed E-state index contributed by atoms with van der Waals surface area (Å²) in [5.41, 5.74) is 1.18. The monoisotopic (exact) mass is 294 g/mol. The summed E-state index contributed by atoms with van der Waals surface area (Å²) in [6.07, 6.45) is 1.77. The smallest absolute Gasteiger partial charge is 0.139 e. The molecule has 4 atom stereocenters. The van der Waals surface area contributed by atoms with Gasteiger partial charge in [0.25, 0.3) is 0 Å². The zero-order chi connectivity index (χ0) is 11.8. The van der Waals surface area contributed by atoms with Gasteiger partial charge in [0, 0.05) is 23.1 Å². The highest BCUT2D eigenvalue weighted by Crippen LogP contribution is 2.47. The Balaban J connectivity index is 1.65. The Morgan fingerprint density at radius 3 is 2.71 bits per heavy atom. The number of hydrogen-bond acceptors (Lipinski definition) is 2. The zero-order valence-electron chi connectivity index (χ0n) is 9.51. The van der Waals surface area contributed by atoms with Gasteiger partial charge in [-0.1, -0.05) is 46.3 Å². The van der Waals surface area contributed by atoms with Gasteiger partial charge in [-0.25, -0.2) is 0 Å². The van der Waals surface area contributed by atoms with Crippen molar-refractivity contribution < 1.29 is 9.53 Å². The van der Waals surface area contributed by atoms with Crippen LogP contribution in [0, 0.1) is 11.8 Å². The summed E-state index contributed by atoms with van der Waals surface area (Å²) in [6, 6.07) is 10.1. The van der Waals surface area contributed by atoms with E-state index in [4.69, 9.17) is 4.74 Å². The Morgan fingerprint density at radius 1 is 1.29 bits per heavy atom. The summed E-state index contributed by atoms with van der Waals surface area (Å²) in [6.45, 7) is 0.617. The number of Topliss-reactive ketones (excluding diaryl/α,β-unsaturated/α-hetero) is 1. The van der Waals surface area contributed by atoms with Crippen molar-refractivity contribution in [3.8, 4) is 0 Å². The average Bonchev–Trinajstić information content (AvgIpc) is 2.81. The number of ether oxygens (including phenoxy) is 1. The van der Waals surface area contributed by atoms with Crippen LogP contribution in [-0.2, 0) is 16.1 Å². The van der Waals surface area contributed by atoms with Gasteiger partial charge in [0.2, 0.25) is 0 Å². The summed E-state index contributed by atoms with van der Waals surface area (Å²) >= 11 is 3.66. The maximum Gasteiger partial charge on any atom is 0.139 e. The number of halogens is 1. The average molecular weight is 295 g/mol. The van der Waals surface area contributed by atoms with Crippen molar-refractivity contribution in [1.82, 2.24) is 0 Å². The van der Waals surface area contributed by atoms with E-state index < -0.39 is 0 Å². The molecule has 90 valence electrons. The normalized spacial score (nSPS) is 35.5. The van der Waals surface area contributed by atoms with Crippen molar-refractivity contribution in [1.29, 1.82) is 0 Å². The first-order valence-corrected chi connectivity index (χ1v) is 6.99. The van der Waals surface area contributed by atoms with Crippen LogP contribution in [0.15, 0.2) is 30.3 Å². The molecule has 3 heteroatoms. The van der Waals surface area contributed by atoms with E-state index in [-0.39, 0.29) is 12.0 Å². The first-order chi connectivity index (χ1) is 8.25. The van der Waals surface area contributed by atoms with Gasteiger partial charge in [-0.15, -0.1) is 0 Å². The molecule has 0 aliphatic heterocycles. The largest absolute Gasteiger partial charge is 0.372 e. The quantitative estimate of drug-likeness (QED) is 0.801. The van der Waals surface area contributed by atoms with Crippen LogP contribution in [0.4, 0.5) is 0 Å². The highest BCUT2D eigenvalue weighted by Gasteiger charge is 2.52. The summed E-state index contributed by atoms with van der Waals surface area (Å²) in [4.78, 5) is 12.2. The summed E-state index contributed by atoms with van der Waals surface area (Å²) < 4.78 is 5.97. The molecule has 3 rings (SSSR count). The molecule has 0 radical (unpaired) electrons. The second kappa shape index (κ2) is 4.54. The zero-order valence-corrected chi connectivity index (χ0v) is 11.1. The fourth-order valence-corrected chi connectivity index (χ4v) is 3.89. The van der Waals surface area contributed by atoms with Gasteiger partial charge >= 0.3 is 0 Å². The minimum Gasteiger partial charge on any atom is -0.372 e. The maximum absolute atomic E-state index is 11.7. The Kier molecular flexibility index (Phi) is 3.05. The molecule has 2 nitrogen and oxygen atoms in total. The van der Waals surface area contributed by atoms with E-state index in [1.54, 1.807) is 0 Å². The Bertz CT molecular complexity index is 417. The summed E-state index contributed by atoms with van der Waals surface area (Å²) in [5, 5.41) is 0. The second-order valence-electron chi connectivity index (χ2n) is 4.95. The van der Waals surface area contributed by atoms with E-state index in [2.05, 4.69) is 28.1 Å². The van der Waals surface area contributed by atoms with E-state index >= 15 is 0 Å². The standard InChI is InChI=1S/C14H15BrO2/c15-12-6-11-13(16)7-10(12)14(11)17-8-9-4-2-1-3-5-9/h1-5,10-12,14H,6-8H2/t10?,11-,12?,14?/m0/s1. The predicted molar refractivity (Wildman–Crippen MR) is 69.0 cm³/mol. The molecule has 1 aromatic carbocycles. The number of ketones is 1. The minimum atomic E-state index is 0.132. The highest BCUT2D eigenvalue weighted by atomic mass is 79.9. The summed E-state index contributed by atoms with van der Waals surface area (Å²) in [7, 11) is 0. The van der Waals surface area contributed by atoms with Crippen molar-refractivity contribution in [2.24, 2.45) is 11.8 Å². The van der Waals surface area contributed by atoms with Crippen LogP contribution in [-0.4, -0.2) is 16.7 Å². The first kappa shape index (κ1) is 11.4. The van der Waals surface area contributed by atoms with E-state index in [0.717, 1.165) is 6.42 Å². The predicted octanol–water partition coefficient (Wildman–Crippen LogP) is 2.94. The van der Waals surface area contributed by atoms with Crippen LogP contribution in [0.5, 0.6) is 0 Å². The number of carbonyl (C=O) groups excluding carboxylic acids is 1. The SMILES string of the molecule is O=C1CC2C(Br)C[C@@H]1C2OCc1ccccc1. The number of alkyl halides is 1. The highest BCUT2D eigenvalue weighted by molar-refractivity contribution is 9.09. The molecule has 1 aromatic rings. The number of benzene rings is 1. The number of hydrogen-bond donors (Lipinski definition) is 0. The van der Waals surface area contributed by atoms with Crippen molar-refractivity contribution in [2.45, 2.75) is 30.4 Å².